The quantitative estimate of drug-likeness (QED) is 0.855. The number of hydrogen-bond acceptors (Lipinski definition) is 3. The van der Waals surface area contributed by atoms with E-state index in [0.29, 0.717) is 11.6 Å². The Labute approximate surface area is 127 Å². The second-order valence-electron chi connectivity index (χ2n) is 4.31. The molecule has 0 aliphatic carbocycles. The van der Waals surface area contributed by atoms with Gasteiger partial charge in [-0.1, -0.05) is 41.4 Å². The first-order chi connectivity index (χ1) is 9.08. The summed E-state index contributed by atoms with van der Waals surface area (Å²) in [7, 11) is 0. The van der Waals surface area contributed by atoms with Gasteiger partial charge in [-0.25, -0.2) is 0 Å². The Balaban J connectivity index is 1.94. The van der Waals surface area contributed by atoms with Crippen molar-refractivity contribution in [3.05, 3.63) is 56.2 Å². The van der Waals surface area contributed by atoms with Gasteiger partial charge < -0.3 is 10.4 Å². The van der Waals surface area contributed by atoms with Crippen molar-refractivity contribution in [3.63, 3.8) is 0 Å². The molecule has 0 fully saturated rings. The molecule has 2 nitrogen and oxygen atoms in total. The zero-order valence-electron chi connectivity index (χ0n) is 10.4. The van der Waals surface area contributed by atoms with Gasteiger partial charge in [0.25, 0.3) is 0 Å². The number of rotatable bonds is 5. The van der Waals surface area contributed by atoms with Gasteiger partial charge in [0.2, 0.25) is 0 Å². The van der Waals surface area contributed by atoms with Gasteiger partial charge in [-0.05, 0) is 25.1 Å². The molecule has 2 N–H and O–H groups in total. The van der Waals surface area contributed by atoms with E-state index in [2.05, 4.69) is 5.32 Å². The molecule has 0 bridgehead atoms. The summed E-state index contributed by atoms with van der Waals surface area (Å²) in [6.45, 7) is 2.49. The molecule has 2 aromatic rings. The highest BCUT2D eigenvalue weighted by molar-refractivity contribution is 7.16. The van der Waals surface area contributed by atoms with Crippen molar-refractivity contribution in [1.29, 1.82) is 0 Å². The highest BCUT2D eigenvalue weighted by Gasteiger charge is 2.13. The molecule has 19 heavy (non-hydrogen) atoms. The van der Waals surface area contributed by atoms with Crippen molar-refractivity contribution in [1.82, 2.24) is 5.32 Å². The highest BCUT2D eigenvalue weighted by Crippen LogP contribution is 2.27. The second-order valence-corrected chi connectivity index (χ2v) is 6.46. The number of thiophene rings is 1. The molecule has 0 radical (unpaired) electrons. The first-order valence-corrected chi connectivity index (χ1v) is 7.56. The van der Waals surface area contributed by atoms with Gasteiger partial charge in [-0.3, -0.25) is 0 Å². The largest absolute Gasteiger partial charge is 0.387 e. The summed E-state index contributed by atoms with van der Waals surface area (Å²) in [6.07, 6.45) is -0.619. The van der Waals surface area contributed by atoms with Crippen molar-refractivity contribution in [3.8, 4) is 0 Å². The zero-order chi connectivity index (χ0) is 13.8. The SMILES string of the molecule is CC(NCC(O)c1ccccc1Cl)c1ccc(Cl)s1. The van der Waals surface area contributed by atoms with Crippen LogP contribution in [0.1, 0.15) is 29.5 Å². The number of benzene rings is 1. The maximum absolute atomic E-state index is 10.1. The number of nitrogens with one attached hydrogen (secondary N) is 1. The molecular weight excluding hydrogens is 301 g/mol. The molecule has 1 heterocycles. The van der Waals surface area contributed by atoms with Crippen molar-refractivity contribution in [2.75, 3.05) is 6.54 Å². The molecule has 0 aliphatic heterocycles. The second kappa shape index (κ2) is 6.73. The van der Waals surface area contributed by atoms with E-state index in [9.17, 15) is 5.11 Å². The Bertz CT molecular complexity index is 544. The normalized spacial score (nSPS) is 14.3. The molecule has 2 unspecified atom stereocenters. The number of aliphatic hydroxyl groups excluding tert-OH is 1. The predicted octanol–water partition coefficient (Wildman–Crippen LogP) is 4.44. The van der Waals surface area contributed by atoms with Crippen molar-refractivity contribution >= 4 is 34.5 Å². The van der Waals surface area contributed by atoms with Gasteiger partial charge in [0.15, 0.2) is 0 Å². The van der Waals surface area contributed by atoms with E-state index in [1.807, 2.05) is 37.3 Å². The van der Waals surface area contributed by atoms with Crippen LogP contribution in [0.15, 0.2) is 36.4 Å². The summed E-state index contributed by atoms with van der Waals surface area (Å²) in [5.41, 5.74) is 0.744. The Morgan fingerprint density at radius 3 is 2.58 bits per heavy atom. The minimum atomic E-state index is -0.619. The van der Waals surface area contributed by atoms with Crippen molar-refractivity contribution in [2.24, 2.45) is 0 Å². The van der Waals surface area contributed by atoms with Crippen LogP contribution >= 0.6 is 34.5 Å². The fraction of sp³-hybridized carbons (Fsp3) is 0.286. The van der Waals surface area contributed by atoms with Gasteiger partial charge in [0.1, 0.15) is 0 Å². The summed E-state index contributed by atoms with van der Waals surface area (Å²) in [5, 5.41) is 14.0. The fourth-order valence-electron chi connectivity index (χ4n) is 1.81. The Morgan fingerprint density at radius 2 is 1.95 bits per heavy atom. The average Bonchev–Trinajstić information content (AvgIpc) is 2.83. The molecule has 102 valence electrons. The standard InChI is InChI=1S/C14H15Cl2NOS/c1-9(13-6-7-14(16)19-13)17-8-12(18)10-4-2-3-5-11(10)15/h2-7,9,12,17-18H,8H2,1H3. The van der Waals surface area contributed by atoms with E-state index in [1.54, 1.807) is 17.4 Å². The summed E-state index contributed by atoms with van der Waals surface area (Å²) in [5.74, 6) is 0. The topological polar surface area (TPSA) is 32.3 Å². The molecular formula is C14H15Cl2NOS. The summed E-state index contributed by atoms with van der Waals surface area (Å²) >= 11 is 13.5. The maximum atomic E-state index is 10.1. The average molecular weight is 316 g/mol. The predicted molar refractivity (Wildman–Crippen MR) is 82.2 cm³/mol. The molecule has 0 aliphatic rings. The van der Waals surface area contributed by atoms with E-state index in [0.717, 1.165) is 14.8 Å². The van der Waals surface area contributed by atoms with Crippen LogP contribution in [0.4, 0.5) is 0 Å². The Morgan fingerprint density at radius 1 is 1.21 bits per heavy atom. The lowest BCUT2D eigenvalue weighted by Crippen LogP contribution is -2.24. The van der Waals surface area contributed by atoms with Crippen LogP contribution in [0.3, 0.4) is 0 Å². The van der Waals surface area contributed by atoms with E-state index in [1.165, 1.54) is 0 Å². The first kappa shape index (κ1) is 14.8. The summed E-state index contributed by atoms with van der Waals surface area (Å²) in [4.78, 5) is 1.15. The molecule has 0 saturated carbocycles. The lowest BCUT2D eigenvalue weighted by molar-refractivity contribution is 0.171. The molecule has 0 amide bonds. The molecule has 2 atom stereocenters. The third-order valence-electron chi connectivity index (χ3n) is 2.90. The summed E-state index contributed by atoms with van der Waals surface area (Å²) in [6, 6.07) is 11.4. The highest BCUT2D eigenvalue weighted by atomic mass is 35.5. The van der Waals surface area contributed by atoms with Gasteiger partial charge in [0.05, 0.1) is 10.4 Å². The number of aliphatic hydroxyl groups is 1. The Hall–Kier alpha value is -0.580. The molecule has 2 rings (SSSR count). The molecule has 5 heteroatoms. The van der Waals surface area contributed by atoms with E-state index < -0.39 is 6.10 Å². The van der Waals surface area contributed by atoms with E-state index >= 15 is 0 Å². The smallest absolute Gasteiger partial charge is 0.0931 e. The van der Waals surface area contributed by atoms with Crippen LogP contribution < -0.4 is 5.32 Å². The third-order valence-corrected chi connectivity index (χ3v) is 4.66. The Kier molecular flexibility index (Phi) is 5.25. The lowest BCUT2D eigenvalue weighted by Gasteiger charge is -2.17. The van der Waals surface area contributed by atoms with Gasteiger partial charge >= 0.3 is 0 Å². The van der Waals surface area contributed by atoms with Crippen LogP contribution in [0.5, 0.6) is 0 Å². The van der Waals surface area contributed by atoms with E-state index in [4.69, 9.17) is 23.2 Å². The van der Waals surface area contributed by atoms with Crippen molar-refractivity contribution in [2.45, 2.75) is 19.1 Å². The third kappa shape index (κ3) is 3.94. The van der Waals surface area contributed by atoms with Gasteiger partial charge in [0, 0.05) is 28.0 Å². The fourth-order valence-corrected chi connectivity index (χ4v) is 3.15. The van der Waals surface area contributed by atoms with Crippen LogP contribution in [-0.2, 0) is 0 Å². The van der Waals surface area contributed by atoms with Gasteiger partial charge in [-0.15, -0.1) is 11.3 Å². The molecule has 0 saturated heterocycles. The maximum Gasteiger partial charge on any atom is 0.0931 e. The van der Waals surface area contributed by atoms with Crippen molar-refractivity contribution < 1.29 is 5.11 Å². The number of hydrogen-bond donors (Lipinski definition) is 2. The molecule has 1 aromatic carbocycles. The first-order valence-electron chi connectivity index (χ1n) is 5.99. The monoisotopic (exact) mass is 315 g/mol. The minimum absolute atomic E-state index is 0.148. The van der Waals surface area contributed by atoms with Crippen LogP contribution in [0.25, 0.3) is 0 Å². The zero-order valence-corrected chi connectivity index (χ0v) is 12.8. The molecule has 1 aromatic heterocycles. The van der Waals surface area contributed by atoms with Crippen LogP contribution in [-0.4, -0.2) is 11.7 Å². The van der Waals surface area contributed by atoms with E-state index in [-0.39, 0.29) is 6.04 Å². The molecule has 0 spiro atoms. The van der Waals surface area contributed by atoms with Crippen LogP contribution in [0, 0.1) is 0 Å². The van der Waals surface area contributed by atoms with Gasteiger partial charge in [-0.2, -0.15) is 0 Å². The van der Waals surface area contributed by atoms with Crippen LogP contribution in [0.2, 0.25) is 9.36 Å². The number of halogens is 2. The summed E-state index contributed by atoms with van der Waals surface area (Å²) < 4.78 is 0.773. The lowest BCUT2D eigenvalue weighted by atomic mass is 10.1. The minimum Gasteiger partial charge on any atom is -0.387 e.